The topological polar surface area (TPSA) is 95.6 Å². The molecule has 0 radical (unpaired) electrons. The predicted octanol–water partition coefficient (Wildman–Crippen LogP) is -0.278. The number of carbonyl (C=O) groups excluding carboxylic acids is 1. The molecule has 1 aromatic rings. The zero-order valence-electron chi connectivity index (χ0n) is 7.82. The minimum Gasteiger partial charge on any atom is -0.335 e. The van der Waals surface area contributed by atoms with Gasteiger partial charge in [0.15, 0.2) is 5.82 Å². The van der Waals surface area contributed by atoms with Crippen molar-refractivity contribution < 1.29 is 4.79 Å². The number of aromatic nitrogens is 4. The van der Waals surface area contributed by atoms with Crippen LogP contribution in [0.4, 0.5) is 4.79 Å². The highest BCUT2D eigenvalue weighted by molar-refractivity contribution is 5.74. The van der Waals surface area contributed by atoms with E-state index in [1.807, 2.05) is 0 Å². The molecular weight excluding hydrogens is 184 g/mol. The Balaban J connectivity index is 1.81. The standard InChI is InChI=1S/C7H12N6O/c1-4(6-10-12-13-11-6)8-7(14)9-5-2-3-5/h4-5H,2-3H2,1H3,(H2,8,9,14)(H,10,11,12,13). The second kappa shape index (κ2) is 3.60. The maximum absolute atomic E-state index is 11.3. The summed E-state index contributed by atoms with van der Waals surface area (Å²) < 4.78 is 0. The van der Waals surface area contributed by atoms with Gasteiger partial charge in [-0.15, -0.1) is 10.2 Å². The molecule has 0 saturated heterocycles. The van der Waals surface area contributed by atoms with Crippen LogP contribution in [0.5, 0.6) is 0 Å². The van der Waals surface area contributed by atoms with E-state index in [2.05, 4.69) is 31.3 Å². The average molecular weight is 196 g/mol. The molecule has 1 saturated carbocycles. The summed E-state index contributed by atoms with van der Waals surface area (Å²) in [6.45, 7) is 1.80. The summed E-state index contributed by atoms with van der Waals surface area (Å²) in [6, 6.07) is -0.0511. The first kappa shape index (κ1) is 8.92. The molecule has 1 fully saturated rings. The molecule has 1 aromatic heterocycles. The van der Waals surface area contributed by atoms with Gasteiger partial charge in [0.05, 0.1) is 6.04 Å². The second-order valence-corrected chi connectivity index (χ2v) is 3.38. The quantitative estimate of drug-likeness (QED) is 0.619. The lowest BCUT2D eigenvalue weighted by molar-refractivity contribution is 0.237. The van der Waals surface area contributed by atoms with E-state index in [0.717, 1.165) is 12.8 Å². The molecule has 2 rings (SSSR count). The highest BCUT2D eigenvalue weighted by atomic mass is 16.2. The number of H-pyrrole nitrogens is 1. The predicted molar refractivity (Wildman–Crippen MR) is 47.3 cm³/mol. The summed E-state index contributed by atoms with van der Waals surface area (Å²) in [5.41, 5.74) is 0. The van der Waals surface area contributed by atoms with Crippen molar-refractivity contribution in [3.8, 4) is 0 Å². The Morgan fingerprint density at radius 2 is 2.43 bits per heavy atom. The third-order valence-electron chi connectivity index (χ3n) is 2.01. The fourth-order valence-corrected chi connectivity index (χ4v) is 1.07. The summed E-state index contributed by atoms with van der Waals surface area (Å²) >= 11 is 0. The average Bonchev–Trinajstić information content (AvgIpc) is 2.80. The number of nitrogens with one attached hydrogen (secondary N) is 3. The van der Waals surface area contributed by atoms with Gasteiger partial charge in [-0.1, -0.05) is 5.21 Å². The Morgan fingerprint density at radius 3 is 3.00 bits per heavy atom. The maximum Gasteiger partial charge on any atom is 0.315 e. The van der Waals surface area contributed by atoms with Crippen LogP contribution in [0.3, 0.4) is 0 Å². The molecule has 1 aliphatic carbocycles. The zero-order chi connectivity index (χ0) is 9.97. The lowest BCUT2D eigenvalue weighted by Gasteiger charge is -2.10. The highest BCUT2D eigenvalue weighted by Gasteiger charge is 2.24. The number of tetrazole rings is 1. The number of carbonyl (C=O) groups is 1. The van der Waals surface area contributed by atoms with Gasteiger partial charge in [-0.3, -0.25) is 0 Å². The van der Waals surface area contributed by atoms with E-state index in [4.69, 9.17) is 0 Å². The number of aromatic amines is 1. The molecule has 1 atom stereocenters. The molecule has 0 bridgehead atoms. The lowest BCUT2D eigenvalue weighted by atomic mass is 10.3. The van der Waals surface area contributed by atoms with Crippen LogP contribution in [-0.4, -0.2) is 32.7 Å². The zero-order valence-corrected chi connectivity index (χ0v) is 7.82. The Labute approximate surface area is 80.6 Å². The van der Waals surface area contributed by atoms with Gasteiger partial charge in [-0.2, -0.15) is 5.21 Å². The molecule has 7 nitrogen and oxygen atoms in total. The van der Waals surface area contributed by atoms with E-state index in [9.17, 15) is 4.79 Å². The van der Waals surface area contributed by atoms with Crippen LogP contribution in [0, 0.1) is 0 Å². The molecule has 2 amide bonds. The first-order chi connectivity index (χ1) is 6.75. The summed E-state index contributed by atoms with van der Waals surface area (Å²) in [6.07, 6.45) is 2.15. The highest BCUT2D eigenvalue weighted by Crippen LogP contribution is 2.18. The van der Waals surface area contributed by atoms with E-state index in [-0.39, 0.29) is 12.1 Å². The van der Waals surface area contributed by atoms with Gasteiger partial charge in [-0.25, -0.2) is 4.79 Å². The molecule has 7 heteroatoms. The minimum absolute atomic E-state index is 0.176. The van der Waals surface area contributed by atoms with Gasteiger partial charge in [-0.05, 0) is 19.8 Å². The number of rotatable bonds is 3. The van der Waals surface area contributed by atoms with Gasteiger partial charge in [0.2, 0.25) is 0 Å². The van der Waals surface area contributed by atoms with Crippen LogP contribution in [0.1, 0.15) is 31.6 Å². The van der Waals surface area contributed by atoms with Gasteiger partial charge in [0, 0.05) is 6.04 Å². The number of urea groups is 1. The third kappa shape index (κ3) is 2.18. The summed E-state index contributed by atoms with van der Waals surface area (Å²) in [5.74, 6) is 0.482. The number of nitrogens with zero attached hydrogens (tertiary/aromatic N) is 3. The SMILES string of the molecule is CC(NC(=O)NC1CC1)c1nn[nH]n1. The fourth-order valence-electron chi connectivity index (χ4n) is 1.07. The molecule has 1 unspecified atom stereocenters. The van der Waals surface area contributed by atoms with Crippen molar-refractivity contribution in [2.45, 2.75) is 31.8 Å². The lowest BCUT2D eigenvalue weighted by Crippen LogP contribution is -2.38. The van der Waals surface area contributed by atoms with Crippen molar-refractivity contribution in [1.29, 1.82) is 0 Å². The summed E-state index contributed by atoms with van der Waals surface area (Å²) in [5, 5.41) is 18.8. The normalized spacial score (nSPS) is 17.5. The minimum atomic E-state index is -0.229. The second-order valence-electron chi connectivity index (χ2n) is 3.38. The van der Waals surface area contributed by atoms with E-state index < -0.39 is 0 Å². The first-order valence-electron chi connectivity index (χ1n) is 4.56. The summed E-state index contributed by atoms with van der Waals surface area (Å²) in [7, 11) is 0. The molecule has 0 aliphatic heterocycles. The fraction of sp³-hybridized carbons (Fsp3) is 0.714. The Hall–Kier alpha value is -1.66. The van der Waals surface area contributed by atoms with Crippen LogP contribution < -0.4 is 10.6 Å². The van der Waals surface area contributed by atoms with E-state index in [1.165, 1.54) is 0 Å². The van der Waals surface area contributed by atoms with Crippen molar-refractivity contribution in [3.05, 3.63) is 5.82 Å². The van der Waals surface area contributed by atoms with Crippen molar-refractivity contribution in [2.75, 3.05) is 0 Å². The Morgan fingerprint density at radius 1 is 1.64 bits per heavy atom. The number of amides is 2. The van der Waals surface area contributed by atoms with Crippen LogP contribution in [0.2, 0.25) is 0 Å². The van der Waals surface area contributed by atoms with Crippen LogP contribution in [-0.2, 0) is 0 Å². The molecule has 0 aromatic carbocycles. The molecular formula is C7H12N6O. The third-order valence-corrected chi connectivity index (χ3v) is 2.01. The molecule has 3 N–H and O–H groups in total. The van der Waals surface area contributed by atoms with Gasteiger partial charge >= 0.3 is 6.03 Å². The molecule has 14 heavy (non-hydrogen) atoms. The summed E-state index contributed by atoms with van der Waals surface area (Å²) in [4.78, 5) is 11.3. The van der Waals surface area contributed by atoms with Crippen LogP contribution >= 0.6 is 0 Å². The van der Waals surface area contributed by atoms with Gasteiger partial charge in [0.1, 0.15) is 0 Å². The molecule has 76 valence electrons. The molecule has 1 heterocycles. The van der Waals surface area contributed by atoms with Crippen molar-refractivity contribution in [1.82, 2.24) is 31.3 Å². The van der Waals surface area contributed by atoms with Crippen molar-refractivity contribution >= 4 is 6.03 Å². The smallest absolute Gasteiger partial charge is 0.315 e. The van der Waals surface area contributed by atoms with E-state index >= 15 is 0 Å². The maximum atomic E-state index is 11.3. The Bertz CT molecular complexity index is 306. The van der Waals surface area contributed by atoms with Crippen molar-refractivity contribution in [2.24, 2.45) is 0 Å². The monoisotopic (exact) mass is 196 g/mol. The first-order valence-corrected chi connectivity index (χ1v) is 4.56. The van der Waals surface area contributed by atoms with Crippen LogP contribution in [0.15, 0.2) is 0 Å². The molecule has 0 spiro atoms. The van der Waals surface area contributed by atoms with Gasteiger partial charge < -0.3 is 10.6 Å². The van der Waals surface area contributed by atoms with E-state index in [1.54, 1.807) is 6.92 Å². The molecule has 1 aliphatic rings. The largest absolute Gasteiger partial charge is 0.335 e. The number of hydrogen-bond acceptors (Lipinski definition) is 4. The Kier molecular flexibility index (Phi) is 2.30. The van der Waals surface area contributed by atoms with E-state index in [0.29, 0.717) is 11.9 Å². The van der Waals surface area contributed by atoms with Crippen molar-refractivity contribution in [3.63, 3.8) is 0 Å². The van der Waals surface area contributed by atoms with Crippen LogP contribution in [0.25, 0.3) is 0 Å². The number of hydrogen-bond donors (Lipinski definition) is 3. The van der Waals surface area contributed by atoms with Gasteiger partial charge in [0.25, 0.3) is 0 Å².